The van der Waals surface area contributed by atoms with E-state index in [9.17, 15) is 0 Å². The maximum Gasteiger partial charge on any atom is 0.252 e. The number of hydrogen-bond donors (Lipinski definition) is 0. The number of fused-ring (bicyclic) bond motifs is 13. The van der Waals surface area contributed by atoms with Crippen molar-refractivity contribution in [1.82, 2.24) is 0 Å². The Balaban J connectivity index is 1.07. The molecule has 1 aromatic heterocycles. The molecule has 0 bridgehead atoms. The Morgan fingerprint density at radius 1 is 0.343 bits per heavy atom. The van der Waals surface area contributed by atoms with Crippen LogP contribution >= 0.6 is 0 Å². The van der Waals surface area contributed by atoms with Crippen LogP contribution in [0.1, 0.15) is 214 Å². The van der Waals surface area contributed by atoms with Gasteiger partial charge in [0.25, 0.3) is 6.71 Å². The van der Waals surface area contributed by atoms with Crippen molar-refractivity contribution in [1.29, 1.82) is 0 Å². The van der Waals surface area contributed by atoms with E-state index in [2.05, 4.69) is 359 Å². The average molecular weight is 1290 g/mol. The van der Waals surface area contributed by atoms with Crippen LogP contribution in [0.3, 0.4) is 0 Å². The van der Waals surface area contributed by atoms with E-state index < -0.39 is 0 Å². The van der Waals surface area contributed by atoms with Crippen molar-refractivity contribution in [3.63, 3.8) is 0 Å². The number of rotatable bonds is 5. The Labute approximate surface area is 588 Å². The van der Waals surface area contributed by atoms with Crippen molar-refractivity contribution < 1.29 is 4.42 Å². The van der Waals surface area contributed by atoms with Gasteiger partial charge in [0.15, 0.2) is 0 Å². The maximum atomic E-state index is 6.99. The first-order valence-corrected chi connectivity index (χ1v) is 36.3. The van der Waals surface area contributed by atoms with Crippen LogP contribution in [0, 0.1) is 13.8 Å². The second-order valence-electron chi connectivity index (χ2n) is 35.1. The topological polar surface area (TPSA) is 22.9 Å². The van der Waals surface area contributed by atoms with Gasteiger partial charge in [0.05, 0.1) is 22.4 Å². The Kier molecular flexibility index (Phi) is 13.2. The van der Waals surface area contributed by atoms with E-state index in [0.29, 0.717) is 0 Å². The molecular weight excluding hydrogens is 1200 g/mol. The highest BCUT2D eigenvalue weighted by atomic mass is 16.3. The summed E-state index contributed by atoms with van der Waals surface area (Å²) in [6.07, 6.45) is 0. The zero-order valence-corrected chi connectivity index (χ0v) is 62.0. The van der Waals surface area contributed by atoms with Crippen LogP contribution in [0.5, 0.6) is 0 Å². The molecule has 0 saturated carbocycles. The summed E-state index contributed by atoms with van der Waals surface area (Å²) < 4.78 is 6.99. The fraction of sp³-hybridized carbons (Fsp3) is 0.298. The number of benzene rings is 11. The Hall–Kier alpha value is -9.32. The molecule has 3 heterocycles. The molecule has 494 valence electrons. The third kappa shape index (κ3) is 8.70. The normalized spacial score (nSPS) is 17.3. The number of aryl methyl sites for hydroxylation is 1. The number of furan rings is 1. The molecule has 5 heteroatoms. The van der Waals surface area contributed by atoms with Gasteiger partial charge < -0.3 is 19.1 Å². The molecule has 0 N–H and O–H groups in total. The molecule has 3 aliphatic carbocycles. The van der Waals surface area contributed by atoms with Gasteiger partial charge >= 0.3 is 0 Å². The average Bonchev–Trinajstić information content (AvgIpc) is 1.58. The second kappa shape index (κ2) is 20.7. The summed E-state index contributed by atoms with van der Waals surface area (Å²) in [5.41, 5.74) is 35.9. The van der Waals surface area contributed by atoms with Gasteiger partial charge in [0, 0.05) is 72.0 Å². The van der Waals surface area contributed by atoms with Crippen molar-refractivity contribution in [2.24, 2.45) is 0 Å². The van der Waals surface area contributed by atoms with E-state index in [-0.39, 0.29) is 50.0 Å². The van der Waals surface area contributed by atoms with Gasteiger partial charge in [-0.2, -0.15) is 0 Å². The molecule has 11 aromatic carbocycles. The van der Waals surface area contributed by atoms with E-state index in [4.69, 9.17) is 4.42 Å². The van der Waals surface area contributed by atoms with Crippen LogP contribution < -0.4 is 31.1 Å². The van der Waals surface area contributed by atoms with Gasteiger partial charge in [0.1, 0.15) is 11.2 Å². The Bertz CT molecular complexity index is 5380. The van der Waals surface area contributed by atoms with Gasteiger partial charge in [-0.05, 0) is 197 Å². The molecule has 0 spiro atoms. The van der Waals surface area contributed by atoms with Crippen LogP contribution in [0.25, 0.3) is 21.9 Å². The summed E-state index contributed by atoms with van der Waals surface area (Å²) in [6, 6.07) is 80.8. The molecule has 99 heavy (non-hydrogen) atoms. The van der Waals surface area contributed by atoms with Crippen molar-refractivity contribution in [2.75, 3.05) is 14.7 Å². The molecule has 4 nitrogen and oxygen atoms in total. The zero-order chi connectivity index (χ0) is 69.5. The van der Waals surface area contributed by atoms with Crippen LogP contribution in [0.2, 0.25) is 0 Å². The van der Waals surface area contributed by atoms with Gasteiger partial charge in [-0.15, -0.1) is 0 Å². The quantitative estimate of drug-likeness (QED) is 0.160. The van der Waals surface area contributed by atoms with Crippen molar-refractivity contribution in [3.05, 3.63) is 295 Å². The van der Waals surface area contributed by atoms with Gasteiger partial charge in [0.2, 0.25) is 0 Å². The summed E-state index contributed by atoms with van der Waals surface area (Å²) in [5.74, 6) is 0. The lowest BCUT2D eigenvalue weighted by Crippen LogP contribution is -2.62. The number of nitrogens with zero attached hydrogens (tertiary/aromatic N) is 3. The SMILES string of the molecule is Cc1cc2c(c(C)c1N1c3cc4c(cc3B3c5cc6c(cc5N(c5cccc7oc8ccccc8c57)c5cc(N(c7ccc(C(C)(C)C)cc7)c7ccc(C(C)(C)C)cc7)cc1c53)C(C)(C)c1ccccc1C6(C)C)C(C)(C)c1ccccc1C4(C)C)C(C)(C)c1ccccc1C2(C)C. The minimum absolute atomic E-state index is 0.0463. The lowest BCUT2D eigenvalue weighted by atomic mass is 9.32. The molecule has 0 amide bonds. The number of anilines is 9. The molecule has 0 fully saturated rings. The lowest BCUT2D eigenvalue weighted by molar-refractivity contribution is 0.517. The lowest BCUT2D eigenvalue weighted by Gasteiger charge is -2.50. The molecule has 0 radical (unpaired) electrons. The molecule has 0 atom stereocenters. The first-order chi connectivity index (χ1) is 46.7. The summed E-state index contributed by atoms with van der Waals surface area (Å²) >= 11 is 0. The molecule has 17 rings (SSSR count). The monoisotopic (exact) mass is 1290 g/mol. The Morgan fingerprint density at radius 2 is 0.737 bits per heavy atom. The molecule has 5 aliphatic rings. The number of hydrogen-bond acceptors (Lipinski definition) is 4. The number of para-hydroxylation sites is 1. The predicted octanol–water partition coefficient (Wildman–Crippen LogP) is 23.2. The minimum atomic E-state index is -0.341. The maximum absolute atomic E-state index is 6.99. The smallest absolute Gasteiger partial charge is 0.252 e. The van der Waals surface area contributed by atoms with Crippen molar-refractivity contribution >= 4 is 96.2 Å². The molecule has 2 aliphatic heterocycles. The third-order valence-corrected chi connectivity index (χ3v) is 25.0. The van der Waals surface area contributed by atoms with Gasteiger partial charge in [-0.1, -0.05) is 264 Å². The first kappa shape index (κ1) is 63.2. The molecule has 12 aromatic rings. The Morgan fingerprint density at radius 3 is 1.20 bits per heavy atom. The van der Waals surface area contributed by atoms with Crippen LogP contribution in [0.15, 0.2) is 211 Å². The summed E-state index contributed by atoms with van der Waals surface area (Å²) in [6.45, 7) is 48.3. The summed E-state index contributed by atoms with van der Waals surface area (Å²) in [4.78, 5) is 8.06. The summed E-state index contributed by atoms with van der Waals surface area (Å²) in [5, 5.41) is 2.20. The van der Waals surface area contributed by atoms with Gasteiger partial charge in [-0.3, -0.25) is 0 Å². The first-order valence-electron chi connectivity index (χ1n) is 36.3. The highest BCUT2D eigenvalue weighted by molar-refractivity contribution is 7.00. The minimum Gasteiger partial charge on any atom is -0.456 e. The largest absolute Gasteiger partial charge is 0.456 e. The summed E-state index contributed by atoms with van der Waals surface area (Å²) in [7, 11) is 0. The van der Waals surface area contributed by atoms with E-state index in [1.165, 1.54) is 128 Å². The van der Waals surface area contributed by atoms with E-state index >= 15 is 0 Å². The van der Waals surface area contributed by atoms with Gasteiger partial charge in [-0.25, -0.2) is 0 Å². The highest BCUT2D eigenvalue weighted by Gasteiger charge is 2.52. The molecule has 0 saturated heterocycles. The highest BCUT2D eigenvalue weighted by Crippen LogP contribution is 2.60. The van der Waals surface area contributed by atoms with E-state index in [1.54, 1.807) is 0 Å². The third-order valence-electron chi connectivity index (χ3n) is 25.0. The van der Waals surface area contributed by atoms with Crippen LogP contribution in [0.4, 0.5) is 51.2 Å². The predicted molar refractivity (Wildman–Crippen MR) is 421 cm³/mol. The molecule has 0 unspecified atom stereocenters. The fourth-order valence-electron chi connectivity index (χ4n) is 19.6. The van der Waals surface area contributed by atoms with E-state index in [0.717, 1.165) is 50.4 Å². The standard InChI is InChI=1S/C94H94BN3O/c1-55-48-73-84(94(19,20)68-36-27-26-35-67(68)93(73,17)18)56(2)86(55)98-78-54-72-70(90(11,12)64-32-23-25-34-66(64)92(72,15)16)52-75(78)95-74-51-69-71(91(13,14)65-33-24-22-31-63(65)89(69,9)10)53-77(74)97(76-37-29-39-82-83(76)62-30-21-28-38-81(62)99-82)79-49-61(50-80(98)85(79)95)96(59-44-40-57(41-45-59)87(3,4)5)60-46-42-58(43-47-60)88(6,7)8/h21-54H,1-20H3. The van der Waals surface area contributed by atoms with Crippen LogP contribution in [-0.4, -0.2) is 6.71 Å². The van der Waals surface area contributed by atoms with Crippen molar-refractivity contribution in [3.8, 4) is 0 Å². The fourth-order valence-corrected chi connectivity index (χ4v) is 19.6. The second-order valence-corrected chi connectivity index (χ2v) is 35.1. The van der Waals surface area contributed by atoms with Crippen LogP contribution in [-0.2, 0) is 43.3 Å². The van der Waals surface area contributed by atoms with E-state index in [1.807, 2.05) is 0 Å². The zero-order valence-electron chi connectivity index (χ0n) is 62.0. The molecular formula is C94H94BN3O. The van der Waals surface area contributed by atoms with Crippen molar-refractivity contribution in [2.45, 2.75) is 182 Å².